The molecule has 0 saturated heterocycles. The molecule has 0 saturated carbocycles. The van der Waals surface area contributed by atoms with E-state index in [0.717, 1.165) is 5.56 Å². The molecule has 25 heavy (non-hydrogen) atoms. The number of hydrogen-bond donors (Lipinski definition) is 2. The minimum absolute atomic E-state index is 0.00422. The molecule has 0 unspecified atom stereocenters. The van der Waals surface area contributed by atoms with Crippen LogP contribution in [0, 0.1) is 24.0 Å². The molecule has 2 amide bonds. The standard InChI is InChI=1S/C15H16N4O6/c1-8-5-11(12(19(23)24)6-9(8)2)16-14(21)7-25-15(22)10-3-4-13(20)18-17-10/h5-6H,3-4,7H2,1-2H3,(H,16,21)(H,18,20). The molecule has 1 aliphatic rings. The Kier molecular flexibility index (Phi) is 5.42. The summed E-state index contributed by atoms with van der Waals surface area (Å²) in [4.78, 5) is 45.1. The summed E-state index contributed by atoms with van der Waals surface area (Å²) in [5.74, 6) is -1.86. The van der Waals surface area contributed by atoms with Crippen molar-refractivity contribution in [2.75, 3.05) is 11.9 Å². The van der Waals surface area contributed by atoms with E-state index in [9.17, 15) is 24.5 Å². The Morgan fingerprint density at radius 3 is 2.60 bits per heavy atom. The zero-order chi connectivity index (χ0) is 18.6. The highest BCUT2D eigenvalue weighted by Crippen LogP contribution is 2.27. The average Bonchev–Trinajstić information content (AvgIpc) is 2.56. The fourth-order valence-corrected chi connectivity index (χ4v) is 2.07. The van der Waals surface area contributed by atoms with Crippen LogP contribution in [0.15, 0.2) is 17.2 Å². The summed E-state index contributed by atoms with van der Waals surface area (Å²) >= 11 is 0. The van der Waals surface area contributed by atoms with Gasteiger partial charge in [-0.05, 0) is 31.0 Å². The number of aryl methyl sites for hydroxylation is 2. The third-order valence-corrected chi connectivity index (χ3v) is 3.56. The molecule has 10 nitrogen and oxygen atoms in total. The van der Waals surface area contributed by atoms with Gasteiger partial charge in [-0.25, -0.2) is 10.2 Å². The Labute approximate surface area is 142 Å². The van der Waals surface area contributed by atoms with Crippen LogP contribution in [0.2, 0.25) is 0 Å². The second-order valence-electron chi connectivity index (χ2n) is 5.43. The van der Waals surface area contributed by atoms with Gasteiger partial charge in [-0.1, -0.05) is 0 Å². The van der Waals surface area contributed by atoms with Crippen molar-refractivity contribution in [3.8, 4) is 0 Å². The largest absolute Gasteiger partial charge is 0.451 e. The lowest BCUT2D eigenvalue weighted by Crippen LogP contribution is -2.32. The van der Waals surface area contributed by atoms with E-state index in [2.05, 4.69) is 15.8 Å². The molecule has 0 radical (unpaired) electrons. The molecule has 1 aliphatic heterocycles. The van der Waals surface area contributed by atoms with Crippen molar-refractivity contribution in [3.63, 3.8) is 0 Å². The number of carbonyl (C=O) groups excluding carboxylic acids is 3. The van der Waals surface area contributed by atoms with Gasteiger partial charge in [0.05, 0.1) is 4.92 Å². The number of hydrazone groups is 1. The molecule has 132 valence electrons. The number of ether oxygens (including phenoxy) is 1. The van der Waals surface area contributed by atoms with E-state index in [1.165, 1.54) is 12.1 Å². The van der Waals surface area contributed by atoms with Gasteiger partial charge in [0.25, 0.3) is 11.6 Å². The third kappa shape index (κ3) is 4.59. The monoisotopic (exact) mass is 348 g/mol. The smallest absolute Gasteiger partial charge is 0.355 e. The summed E-state index contributed by atoms with van der Waals surface area (Å²) in [7, 11) is 0. The van der Waals surface area contributed by atoms with E-state index in [0.29, 0.717) is 5.56 Å². The van der Waals surface area contributed by atoms with Gasteiger partial charge in [0.1, 0.15) is 11.4 Å². The normalized spacial score (nSPS) is 13.5. The number of anilines is 1. The second kappa shape index (κ2) is 7.51. The molecular formula is C15H16N4O6. The van der Waals surface area contributed by atoms with Crippen molar-refractivity contribution in [1.82, 2.24) is 5.43 Å². The number of nitrogens with one attached hydrogen (secondary N) is 2. The topological polar surface area (TPSA) is 140 Å². The van der Waals surface area contributed by atoms with E-state index >= 15 is 0 Å². The number of nitrogens with zero attached hydrogens (tertiary/aromatic N) is 2. The highest BCUT2D eigenvalue weighted by Gasteiger charge is 2.22. The van der Waals surface area contributed by atoms with E-state index in [4.69, 9.17) is 4.74 Å². The fraction of sp³-hybridized carbons (Fsp3) is 0.333. The zero-order valence-electron chi connectivity index (χ0n) is 13.6. The minimum atomic E-state index is -0.829. The first-order chi connectivity index (χ1) is 11.8. The van der Waals surface area contributed by atoms with Gasteiger partial charge in [-0.2, -0.15) is 5.10 Å². The van der Waals surface area contributed by atoms with E-state index < -0.39 is 23.4 Å². The Hall–Kier alpha value is -3.30. The lowest BCUT2D eigenvalue weighted by Gasteiger charge is -2.12. The van der Waals surface area contributed by atoms with Crippen LogP contribution in [0.4, 0.5) is 11.4 Å². The Bertz CT molecular complexity index is 786. The van der Waals surface area contributed by atoms with E-state index in [1.807, 2.05) is 0 Å². The Morgan fingerprint density at radius 1 is 1.32 bits per heavy atom. The van der Waals surface area contributed by atoms with Crippen molar-refractivity contribution >= 4 is 34.9 Å². The van der Waals surface area contributed by atoms with Crippen LogP contribution in [0.5, 0.6) is 0 Å². The van der Waals surface area contributed by atoms with E-state index in [1.54, 1.807) is 13.8 Å². The molecule has 1 heterocycles. The highest BCUT2D eigenvalue weighted by molar-refractivity contribution is 6.37. The second-order valence-corrected chi connectivity index (χ2v) is 5.43. The maximum absolute atomic E-state index is 11.9. The molecule has 0 aromatic heterocycles. The molecule has 1 aromatic carbocycles. The van der Waals surface area contributed by atoms with Crippen LogP contribution < -0.4 is 10.7 Å². The van der Waals surface area contributed by atoms with Gasteiger partial charge in [0, 0.05) is 18.9 Å². The summed E-state index contributed by atoms with van der Waals surface area (Å²) in [6, 6.07) is 2.84. The molecule has 1 aromatic rings. The Morgan fingerprint density at radius 2 is 2.00 bits per heavy atom. The van der Waals surface area contributed by atoms with E-state index in [-0.39, 0.29) is 35.8 Å². The van der Waals surface area contributed by atoms with Gasteiger partial charge < -0.3 is 10.1 Å². The summed E-state index contributed by atoms with van der Waals surface area (Å²) in [5.41, 5.74) is 3.41. The third-order valence-electron chi connectivity index (χ3n) is 3.56. The number of benzene rings is 1. The van der Waals surface area contributed by atoms with Crippen LogP contribution in [0.1, 0.15) is 24.0 Å². The molecule has 10 heteroatoms. The molecule has 0 bridgehead atoms. The number of carbonyl (C=O) groups is 3. The predicted molar refractivity (Wildman–Crippen MR) is 87.0 cm³/mol. The van der Waals surface area contributed by atoms with Gasteiger partial charge >= 0.3 is 5.97 Å². The number of hydrogen-bond acceptors (Lipinski definition) is 7. The predicted octanol–water partition coefficient (Wildman–Crippen LogP) is 0.959. The summed E-state index contributed by atoms with van der Waals surface area (Å²) in [5, 5.41) is 17.0. The van der Waals surface area contributed by atoms with Crippen LogP contribution >= 0.6 is 0 Å². The number of amides is 2. The highest BCUT2D eigenvalue weighted by atomic mass is 16.6. The van der Waals surface area contributed by atoms with Gasteiger partial charge in [-0.15, -0.1) is 0 Å². The number of nitro benzene ring substituents is 1. The van der Waals surface area contributed by atoms with Crippen LogP contribution in [-0.2, 0) is 19.1 Å². The van der Waals surface area contributed by atoms with Crippen LogP contribution in [0.3, 0.4) is 0 Å². The molecule has 0 aliphatic carbocycles. The van der Waals surface area contributed by atoms with Crippen molar-refractivity contribution < 1.29 is 24.0 Å². The Balaban J connectivity index is 1.99. The summed E-state index contributed by atoms with van der Waals surface area (Å²) < 4.78 is 4.80. The summed E-state index contributed by atoms with van der Waals surface area (Å²) in [6.07, 6.45) is 0.226. The SMILES string of the molecule is Cc1cc(NC(=O)COC(=O)C2=NNC(=O)CC2)c([N+](=O)[O-])cc1C. The first-order valence-corrected chi connectivity index (χ1v) is 7.36. The molecule has 0 spiro atoms. The number of esters is 1. The summed E-state index contributed by atoms with van der Waals surface area (Å²) in [6.45, 7) is 2.85. The maximum atomic E-state index is 11.9. The lowest BCUT2D eigenvalue weighted by atomic mass is 10.1. The number of rotatable bonds is 5. The fourth-order valence-electron chi connectivity index (χ4n) is 2.07. The van der Waals surface area contributed by atoms with Crippen molar-refractivity contribution in [2.45, 2.75) is 26.7 Å². The first-order valence-electron chi connectivity index (χ1n) is 7.36. The number of nitro groups is 1. The van der Waals surface area contributed by atoms with Gasteiger partial charge in [0.2, 0.25) is 5.91 Å². The van der Waals surface area contributed by atoms with Crippen molar-refractivity contribution in [2.24, 2.45) is 5.10 Å². The van der Waals surface area contributed by atoms with Crippen molar-refractivity contribution in [1.29, 1.82) is 0 Å². The minimum Gasteiger partial charge on any atom is -0.451 e. The average molecular weight is 348 g/mol. The quantitative estimate of drug-likeness (QED) is 0.461. The molecule has 0 atom stereocenters. The van der Waals surface area contributed by atoms with Crippen molar-refractivity contribution in [3.05, 3.63) is 33.4 Å². The zero-order valence-corrected chi connectivity index (χ0v) is 13.6. The maximum Gasteiger partial charge on any atom is 0.355 e. The molecule has 2 rings (SSSR count). The van der Waals surface area contributed by atoms with Crippen LogP contribution in [-0.4, -0.2) is 35.0 Å². The van der Waals surface area contributed by atoms with Crippen LogP contribution in [0.25, 0.3) is 0 Å². The van der Waals surface area contributed by atoms with Gasteiger partial charge in [-0.3, -0.25) is 19.7 Å². The first kappa shape index (κ1) is 18.0. The molecule has 2 N–H and O–H groups in total. The molecule has 0 fully saturated rings. The lowest BCUT2D eigenvalue weighted by molar-refractivity contribution is -0.384. The van der Waals surface area contributed by atoms with Gasteiger partial charge in [0.15, 0.2) is 6.61 Å². The molecular weight excluding hydrogens is 332 g/mol.